The second-order valence-electron chi connectivity index (χ2n) is 9.65. The number of fused-ring (bicyclic) bond motifs is 1. The van der Waals surface area contributed by atoms with E-state index in [2.05, 4.69) is 56.3 Å². The molecule has 0 aliphatic rings. The molecule has 3 N–H and O–H groups in total. The Morgan fingerprint density at radius 1 is 0.944 bits per heavy atom. The monoisotopic (exact) mass is 477 g/mol. The van der Waals surface area contributed by atoms with Gasteiger partial charge in [0.2, 0.25) is 5.95 Å². The number of amides is 1. The predicted molar refractivity (Wildman–Crippen MR) is 142 cm³/mol. The number of anilines is 3. The number of hydrogen-bond donors (Lipinski definition) is 3. The minimum absolute atomic E-state index is 0.0318. The molecule has 2 aromatic heterocycles. The zero-order valence-corrected chi connectivity index (χ0v) is 20.6. The Morgan fingerprint density at radius 2 is 1.75 bits per heavy atom. The van der Waals surface area contributed by atoms with Gasteiger partial charge in [0.1, 0.15) is 6.33 Å². The zero-order valence-electron chi connectivity index (χ0n) is 20.6. The van der Waals surface area contributed by atoms with Gasteiger partial charge >= 0.3 is 0 Å². The molecule has 0 fully saturated rings. The molecule has 0 aliphatic heterocycles. The van der Waals surface area contributed by atoms with Crippen LogP contribution >= 0.6 is 0 Å². The van der Waals surface area contributed by atoms with Gasteiger partial charge in [-0.2, -0.15) is 4.98 Å². The molecule has 180 valence electrons. The van der Waals surface area contributed by atoms with Gasteiger partial charge in [-0.1, -0.05) is 45.0 Å². The summed E-state index contributed by atoms with van der Waals surface area (Å²) < 4.78 is 0. The van der Waals surface area contributed by atoms with E-state index in [-0.39, 0.29) is 11.3 Å². The quantitative estimate of drug-likeness (QED) is 0.286. The van der Waals surface area contributed by atoms with Gasteiger partial charge in [-0.05, 0) is 59.9 Å². The van der Waals surface area contributed by atoms with Crippen LogP contribution in [0.3, 0.4) is 0 Å². The van der Waals surface area contributed by atoms with E-state index >= 15 is 0 Å². The van der Waals surface area contributed by atoms with Crippen molar-refractivity contribution in [1.29, 1.82) is 0 Å². The van der Waals surface area contributed by atoms with E-state index < -0.39 is 0 Å². The van der Waals surface area contributed by atoms with Gasteiger partial charge in [-0.25, -0.2) is 15.0 Å². The smallest absolute Gasteiger partial charge is 0.255 e. The summed E-state index contributed by atoms with van der Waals surface area (Å²) in [6.07, 6.45) is 3.13. The van der Waals surface area contributed by atoms with E-state index in [1.54, 1.807) is 6.33 Å². The molecule has 0 radical (unpaired) electrons. The highest BCUT2D eigenvalue weighted by Gasteiger charge is 2.16. The molecule has 3 aromatic carbocycles. The first-order chi connectivity index (χ1) is 17.3. The third-order valence-corrected chi connectivity index (χ3v) is 6.08. The number of nitrogens with one attached hydrogen (secondary N) is 3. The maximum Gasteiger partial charge on any atom is 0.255 e. The summed E-state index contributed by atoms with van der Waals surface area (Å²) in [5.74, 6) is 0.771. The molecular formula is C28H27N7O. The molecule has 0 unspecified atom stereocenters. The molecule has 0 bridgehead atoms. The van der Waals surface area contributed by atoms with Crippen molar-refractivity contribution in [3.63, 3.8) is 0 Å². The molecule has 5 aromatic rings. The van der Waals surface area contributed by atoms with Crippen LogP contribution in [0.15, 0.2) is 73.3 Å². The fourth-order valence-electron chi connectivity index (χ4n) is 3.96. The molecule has 5 rings (SSSR count). The highest BCUT2D eigenvalue weighted by molar-refractivity contribution is 6.05. The van der Waals surface area contributed by atoms with Crippen molar-refractivity contribution in [2.24, 2.45) is 0 Å². The van der Waals surface area contributed by atoms with Crippen LogP contribution in [-0.2, 0) is 5.41 Å². The molecule has 36 heavy (non-hydrogen) atoms. The Morgan fingerprint density at radius 3 is 2.53 bits per heavy atom. The highest BCUT2D eigenvalue weighted by Crippen LogP contribution is 2.28. The molecule has 8 nitrogen and oxygen atoms in total. The van der Waals surface area contributed by atoms with Crippen LogP contribution in [0.5, 0.6) is 0 Å². The number of rotatable bonds is 5. The van der Waals surface area contributed by atoms with Crippen LogP contribution in [0.1, 0.15) is 42.3 Å². The Balaban J connectivity index is 1.36. The second kappa shape index (κ2) is 9.22. The number of aromatic nitrogens is 5. The Hall–Kier alpha value is -4.59. The number of carbonyl (C=O) groups excluding carboxylic acids is 1. The Kier molecular flexibility index (Phi) is 5.93. The molecule has 0 atom stereocenters. The number of nitrogens with zero attached hydrogens (tertiary/aromatic N) is 4. The summed E-state index contributed by atoms with van der Waals surface area (Å²) in [5, 5.41) is 6.25. The van der Waals surface area contributed by atoms with Gasteiger partial charge in [0.15, 0.2) is 5.82 Å². The third kappa shape index (κ3) is 4.79. The number of H-pyrrole nitrogens is 1. The van der Waals surface area contributed by atoms with E-state index in [9.17, 15) is 4.79 Å². The molecule has 0 saturated heterocycles. The molecule has 2 heterocycles. The highest BCUT2D eigenvalue weighted by atomic mass is 16.1. The van der Waals surface area contributed by atoms with Gasteiger partial charge in [-0.15, -0.1) is 0 Å². The first kappa shape index (κ1) is 23.2. The van der Waals surface area contributed by atoms with E-state index in [1.807, 2.05) is 67.6 Å². The van der Waals surface area contributed by atoms with Crippen molar-refractivity contribution in [2.75, 3.05) is 10.6 Å². The number of imidazole rings is 1. The standard InChI is InChI=1S/C28H27N7O/c1-17-21(6-5-7-22(17)34-26(36)18-8-10-19(11-9-18)28(2,3)4)25-31-16-32-27(35-25)33-20-12-13-23-24(14-20)30-15-29-23/h5-16H,1-4H3,(H,29,30)(H,34,36)(H,31,32,33,35). The summed E-state index contributed by atoms with van der Waals surface area (Å²) in [6.45, 7) is 8.39. The molecule has 0 saturated carbocycles. The van der Waals surface area contributed by atoms with E-state index in [0.717, 1.165) is 27.8 Å². The molecular weight excluding hydrogens is 450 g/mol. The topological polar surface area (TPSA) is 108 Å². The first-order valence-corrected chi connectivity index (χ1v) is 11.7. The van der Waals surface area contributed by atoms with Crippen LogP contribution in [-0.4, -0.2) is 30.8 Å². The largest absolute Gasteiger partial charge is 0.345 e. The maximum absolute atomic E-state index is 12.9. The summed E-state index contributed by atoms with van der Waals surface area (Å²) in [4.78, 5) is 33.5. The lowest BCUT2D eigenvalue weighted by molar-refractivity contribution is 0.102. The number of aromatic amines is 1. The van der Waals surface area contributed by atoms with Crippen LogP contribution in [0.2, 0.25) is 0 Å². The van der Waals surface area contributed by atoms with E-state index in [4.69, 9.17) is 0 Å². The first-order valence-electron chi connectivity index (χ1n) is 11.7. The van der Waals surface area contributed by atoms with Crippen molar-refractivity contribution < 1.29 is 4.79 Å². The summed E-state index contributed by atoms with van der Waals surface area (Å²) >= 11 is 0. The van der Waals surface area contributed by atoms with Crippen molar-refractivity contribution in [1.82, 2.24) is 24.9 Å². The van der Waals surface area contributed by atoms with E-state index in [0.29, 0.717) is 23.0 Å². The lowest BCUT2D eigenvalue weighted by Crippen LogP contribution is -2.15. The van der Waals surface area contributed by atoms with Gasteiger partial charge in [0, 0.05) is 22.5 Å². The number of benzene rings is 3. The van der Waals surface area contributed by atoms with Crippen LogP contribution < -0.4 is 10.6 Å². The Labute approximate surface area is 209 Å². The summed E-state index contributed by atoms with van der Waals surface area (Å²) in [5.41, 5.74) is 6.84. The third-order valence-electron chi connectivity index (χ3n) is 6.08. The predicted octanol–water partition coefficient (Wildman–Crippen LogP) is 6.02. The Bertz CT molecular complexity index is 1550. The van der Waals surface area contributed by atoms with Gasteiger partial charge in [0.25, 0.3) is 5.91 Å². The summed E-state index contributed by atoms with van der Waals surface area (Å²) in [7, 11) is 0. The maximum atomic E-state index is 12.9. The average Bonchev–Trinajstić information content (AvgIpc) is 3.33. The molecule has 0 aliphatic carbocycles. The van der Waals surface area contributed by atoms with Gasteiger partial charge < -0.3 is 15.6 Å². The normalized spacial score (nSPS) is 11.4. The summed E-state index contributed by atoms with van der Waals surface area (Å²) in [6, 6.07) is 19.2. The van der Waals surface area contributed by atoms with Crippen molar-refractivity contribution in [2.45, 2.75) is 33.1 Å². The van der Waals surface area contributed by atoms with E-state index in [1.165, 1.54) is 11.9 Å². The van der Waals surface area contributed by atoms with Crippen LogP contribution in [0, 0.1) is 6.92 Å². The molecule has 8 heteroatoms. The van der Waals surface area contributed by atoms with Crippen molar-refractivity contribution in [3.05, 3.63) is 90.0 Å². The lowest BCUT2D eigenvalue weighted by atomic mass is 9.86. The minimum atomic E-state index is -0.164. The molecule has 1 amide bonds. The lowest BCUT2D eigenvalue weighted by Gasteiger charge is -2.19. The van der Waals surface area contributed by atoms with Gasteiger partial charge in [-0.3, -0.25) is 4.79 Å². The van der Waals surface area contributed by atoms with Crippen LogP contribution in [0.4, 0.5) is 17.3 Å². The SMILES string of the molecule is Cc1c(NC(=O)c2ccc(C(C)(C)C)cc2)cccc1-c1ncnc(Nc2ccc3nc[nH]c3c2)n1. The fraction of sp³-hybridized carbons (Fsp3) is 0.179. The zero-order chi connectivity index (χ0) is 25.3. The molecule has 0 spiro atoms. The number of carbonyl (C=O) groups is 1. The van der Waals surface area contributed by atoms with Gasteiger partial charge in [0.05, 0.1) is 17.4 Å². The second-order valence-corrected chi connectivity index (χ2v) is 9.65. The van der Waals surface area contributed by atoms with Crippen molar-refractivity contribution in [3.8, 4) is 11.4 Å². The van der Waals surface area contributed by atoms with Crippen LogP contribution in [0.25, 0.3) is 22.4 Å². The fourth-order valence-corrected chi connectivity index (χ4v) is 3.96. The number of hydrogen-bond acceptors (Lipinski definition) is 6. The average molecular weight is 478 g/mol. The van der Waals surface area contributed by atoms with Crippen molar-refractivity contribution >= 4 is 34.3 Å². The minimum Gasteiger partial charge on any atom is -0.345 e.